The zero-order chi connectivity index (χ0) is 16.5. The van der Waals surface area contributed by atoms with Gasteiger partial charge in [0.1, 0.15) is 12.1 Å². The molecule has 124 valence electrons. The van der Waals surface area contributed by atoms with Gasteiger partial charge >= 0.3 is 0 Å². The van der Waals surface area contributed by atoms with Crippen LogP contribution in [0.15, 0.2) is 36.7 Å². The van der Waals surface area contributed by atoms with Crippen LogP contribution in [-0.2, 0) is 0 Å². The van der Waals surface area contributed by atoms with Gasteiger partial charge in [-0.3, -0.25) is 0 Å². The molecule has 3 heterocycles. The van der Waals surface area contributed by atoms with Crippen LogP contribution in [0.3, 0.4) is 0 Å². The lowest BCUT2D eigenvalue weighted by atomic mass is 10.2. The Balaban J connectivity index is 1.54. The molecule has 0 aliphatic carbocycles. The first kappa shape index (κ1) is 14.7. The maximum absolute atomic E-state index is 5.33. The molecule has 0 saturated carbocycles. The van der Waals surface area contributed by atoms with E-state index in [0.29, 0.717) is 0 Å². The highest BCUT2D eigenvalue weighted by molar-refractivity contribution is 5.69. The molecule has 1 aliphatic rings. The van der Waals surface area contributed by atoms with Crippen LogP contribution in [0.25, 0.3) is 5.65 Å². The van der Waals surface area contributed by atoms with Crippen LogP contribution in [0, 0.1) is 6.92 Å². The molecule has 24 heavy (non-hydrogen) atoms. The van der Waals surface area contributed by atoms with Gasteiger partial charge < -0.3 is 14.5 Å². The largest absolute Gasteiger partial charge is 0.497 e. The number of nitrogens with zero attached hydrogens (tertiary/aromatic N) is 6. The second kappa shape index (κ2) is 5.99. The topological polar surface area (TPSA) is 58.8 Å². The van der Waals surface area contributed by atoms with Crippen LogP contribution < -0.4 is 14.5 Å². The number of hydrogen-bond donors (Lipinski definition) is 0. The fourth-order valence-corrected chi connectivity index (χ4v) is 3.18. The van der Waals surface area contributed by atoms with Crippen molar-refractivity contribution in [3.63, 3.8) is 0 Å². The van der Waals surface area contributed by atoms with E-state index in [4.69, 9.17) is 4.74 Å². The summed E-state index contributed by atoms with van der Waals surface area (Å²) in [6, 6.07) is 10.3. The molecule has 0 amide bonds. The number of piperazine rings is 1. The number of anilines is 2. The first-order valence-electron chi connectivity index (χ1n) is 8.06. The SMILES string of the molecule is COc1cccc(N2CCN(c3cc(C)nn4cnnc34)CC2)c1. The van der Waals surface area contributed by atoms with Crippen LogP contribution in [-0.4, -0.2) is 53.1 Å². The molecule has 1 aliphatic heterocycles. The summed E-state index contributed by atoms with van der Waals surface area (Å²) < 4.78 is 7.08. The van der Waals surface area contributed by atoms with Crippen molar-refractivity contribution < 1.29 is 4.74 Å². The first-order valence-corrected chi connectivity index (χ1v) is 8.06. The van der Waals surface area contributed by atoms with Gasteiger partial charge in [-0.1, -0.05) is 6.07 Å². The van der Waals surface area contributed by atoms with Crippen molar-refractivity contribution in [2.45, 2.75) is 6.92 Å². The van der Waals surface area contributed by atoms with Gasteiger partial charge in [0.2, 0.25) is 5.65 Å². The number of benzene rings is 1. The standard InChI is InChI=1S/C17H20N6O/c1-13-10-16(17-19-18-12-23(17)20-13)22-8-6-21(7-9-22)14-4-3-5-15(11-14)24-2/h3-5,10-12H,6-9H2,1-2H3. The average molecular weight is 324 g/mol. The van der Waals surface area contributed by atoms with Crippen LogP contribution in [0.1, 0.15) is 5.69 Å². The van der Waals surface area contributed by atoms with E-state index in [1.54, 1.807) is 18.0 Å². The molecule has 0 spiro atoms. The molecule has 0 atom stereocenters. The third kappa shape index (κ3) is 2.62. The Morgan fingerprint density at radius 1 is 1.04 bits per heavy atom. The molecule has 0 unspecified atom stereocenters. The second-order valence-electron chi connectivity index (χ2n) is 5.95. The summed E-state index contributed by atoms with van der Waals surface area (Å²) in [5, 5.41) is 12.6. The normalized spacial score (nSPS) is 15.1. The third-order valence-electron chi connectivity index (χ3n) is 4.41. The molecular formula is C17H20N6O. The van der Waals surface area contributed by atoms with E-state index >= 15 is 0 Å². The maximum Gasteiger partial charge on any atom is 0.200 e. The predicted octanol–water partition coefficient (Wildman–Crippen LogP) is 1.77. The molecule has 7 nitrogen and oxygen atoms in total. The van der Waals surface area contributed by atoms with E-state index in [1.165, 1.54) is 5.69 Å². The number of ether oxygens (including phenoxy) is 1. The number of methoxy groups -OCH3 is 1. The van der Waals surface area contributed by atoms with Crippen molar-refractivity contribution >= 4 is 17.0 Å². The molecule has 4 rings (SSSR count). The van der Waals surface area contributed by atoms with Gasteiger partial charge in [0.25, 0.3) is 0 Å². The highest BCUT2D eigenvalue weighted by atomic mass is 16.5. The van der Waals surface area contributed by atoms with Gasteiger partial charge in [-0.15, -0.1) is 10.2 Å². The quantitative estimate of drug-likeness (QED) is 0.732. The van der Waals surface area contributed by atoms with Crippen LogP contribution in [0.5, 0.6) is 5.75 Å². The van der Waals surface area contributed by atoms with Crippen molar-refractivity contribution in [3.05, 3.63) is 42.4 Å². The molecular weight excluding hydrogens is 304 g/mol. The summed E-state index contributed by atoms with van der Waals surface area (Å²) in [5.41, 5.74) is 4.08. The van der Waals surface area contributed by atoms with Crippen LogP contribution >= 0.6 is 0 Å². The molecule has 7 heteroatoms. The van der Waals surface area contributed by atoms with E-state index in [-0.39, 0.29) is 0 Å². The maximum atomic E-state index is 5.33. The lowest BCUT2D eigenvalue weighted by Crippen LogP contribution is -2.46. The third-order valence-corrected chi connectivity index (χ3v) is 4.41. The van der Waals surface area contributed by atoms with Crippen molar-refractivity contribution in [3.8, 4) is 5.75 Å². The minimum Gasteiger partial charge on any atom is -0.497 e. The van der Waals surface area contributed by atoms with Crippen LogP contribution in [0.4, 0.5) is 11.4 Å². The van der Waals surface area contributed by atoms with Gasteiger partial charge in [-0.25, -0.2) is 0 Å². The Labute approximate surface area is 140 Å². The Morgan fingerprint density at radius 2 is 1.83 bits per heavy atom. The Bertz CT molecular complexity index is 853. The fourth-order valence-electron chi connectivity index (χ4n) is 3.18. The summed E-state index contributed by atoms with van der Waals surface area (Å²) in [5.74, 6) is 0.893. The lowest BCUT2D eigenvalue weighted by molar-refractivity contribution is 0.414. The molecule has 2 aromatic heterocycles. The summed E-state index contributed by atoms with van der Waals surface area (Å²) in [7, 11) is 1.70. The number of aromatic nitrogens is 4. The van der Waals surface area contributed by atoms with Crippen molar-refractivity contribution in [1.82, 2.24) is 19.8 Å². The summed E-state index contributed by atoms with van der Waals surface area (Å²) in [6.07, 6.45) is 1.65. The van der Waals surface area contributed by atoms with Gasteiger partial charge in [0.15, 0.2) is 0 Å². The Morgan fingerprint density at radius 3 is 2.62 bits per heavy atom. The monoisotopic (exact) mass is 324 g/mol. The van der Waals surface area contributed by atoms with Gasteiger partial charge in [-0.2, -0.15) is 9.61 Å². The zero-order valence-electron chi connectivity index (χ0n) is 13.9. The van der Waals surface area contributed by atoms with E-state index in [2.05, 4.69) is 43.3 Å². The van der Waals surface area contributed by atoms with E-state index in [9.17, 15) is 0 Å². The average Bonchev–Trinajstić information content (AvgIpc) is 3.09. The van der Waals surface area contributed by atoms with E-state index < -0.39 is 0 Å². The van der Waals surface area contributed by atoms with E-state index in [0.717, 1.165) is 49.0 Å². The van der Waals surface area contributed by atoms with Gasteiger partial charge in [-0.05, 0) is 25.1 Å². The van der Waals surface area contributed by atoms with Gasteiger partial charge in [0.05, 0.1) is 18.5 Å². The molecule has 3 aromatic rings. The Kier molecular flexibility index (Phi) is 3.68. The Hall–Kier alpha value is -2.83. The minimum atomic E-state index is 0.815. The van der Waals surface area contributed by atoms with Crippen molar-refractivity contribution in [1.29, 1.82) is 0 Å². The summed E-state index contributed by atoms with van der Waals surface area (Å²) in [6.45, 7) is 5.77. The van der Waals surface area contributed by atoms with Crippen molar-refractivity contribution in [2.24, 2.45) is 0 Å². The predicted molar refractivity (Wildman–Crippen MR) is 92.9 cm³/mol. The highest BCUT2D eigenvalue weighted by Gasteiger charge is 2.21. The molecule has 1 saturated heterocycles. The summed E-state index contributed by atoms with van der Waals surface area (Å²) in [4.78, 5) is 4.74. The van der Waals surface area contributed by atoms with Gasteiger partial charge in [0, 0.05) is 37.9 Å². The molecule has 1 fully saturated rings. The molecule has 0 radical (unpaired) electrons. The molecule has 1 aromatic carbocycles. The fraction of sp³-hybridized carbons (Fsp3) is 0.353. The number of aryl methyl sites for hydroxylation is 1. The highest BCUT2D eigenvalue weighted by Crippen LogP contribution is 2.25. The number of rotatable bonds is 3. The second-order valence-corrected chi connectivity index (χ2v) is 5.95. The summed E-state index contributed by atoms with van der Waals surface area (Å²) >= 11 is 0. The minimum absolute atomic E-state index is 0.815. The van der Waals surface area contributed by atoms with Crippen molar-refractivity contribution in [2.75, 3.05) is 43.1 Å². The van der Waals surface area contributed by atoms with E-state index in [1.807, 2.05) is 19.1 Å². The number of hydrogen-bond acceptors (Lipinski definition) is 6. The zero-order valence-corrected chi connectivity index (χ0v) is 13.9. The molecule has 0 bridgehead atoms. The lowest BCUT2D eigenvalue weighted by Gasteiger charge is -2.37. The smallest absolute Gasteiger partial charge is 0.200 e. The molecule has 0 N–H and O–H groups in total. The first-order chi connectivity index (χ1) is 11.7. The number of fused-ring (bicyclic) bond motifs is 1. The van der Waals surface area contributed by atoms with Crippen LogP contribution in [0.2, 0.25) is 0 Å².